The number of terminal acetylenes is 1. The lowest BCUT2D eigenvalue weighted by molar-refractivity contribution is -0.147. The SMILES string of the molecule is C#C[C@H](NP(=O)(CO)Oc1ccccc1)C(=O)OC(C)C. The number of hydrogen-bond donors (Lipinski definition) is 2. The van der Waals surface area contributed by atoms with Crippen LogP contribution in [0.2, 0.25) is 0 Å². The molecule has 0 fully saturated rings. The Balaban J connectivity index is 2.81. The Kier molecular flexibility index (Phi) is 6.44. The molecular formula is C14H18NO5P. The van der Waals surface area contributed by atoms with Crippen LogP contribution in [0.4, 0.5) is 0 Å². The number of hydrogen-bond acceptors (Lipinski definition) is 5. The summed E-state index contributed by atoms with van der Waals surface area (Å²) < 4.78 is 22.6. The molecule has 21 heavy (non-hydrogen) atoms. The van der Waals surface area contributed by atoms with E-state index in [1.807, 2.05) is 0 Å². The number of nitrogens with one attached hydrogen (secondary N) is 1. The molecule has 2 atom stereocenters. The maximum atomic E-state index is 12.4. The second-order valence-electron chi connectivity index (χ2n) is 4.43. The molecule has 0 aliphatic heterocycles. The first-order valence-corrected chi connectivity index (χ1v) is 8.10. The Morgan fingerprint density at radius 1 is 1.43 bits per heavy atom. The normalized spacial score (nSPS) is 14.8. The molecule has 1 aromatic carbocycles. The molecule has 0 aliphatic carbocycles. The van der Waals surface area contributed by atoms with Crippen LogP contribution < -0.4 is 9.61 Å². The van der Waals surface area contributed by atoms with Crippen LogP contribution in [0.15, 0.2) is 30.3 Å². The number of aliphatic hydroxyl groups excluding tert-OH is 1. The van der Waals surface area contributed by atoms with Crippen LogP contribution in [0.1, 0.15) is 13.8 Å². The number of ether oxygens (including phenoxy) is 1. The molecule has 0 saturated heterocycles. The van der Waals surface area contributed by atoms with Gasteiger partial charge in [0.1, 0.15) is 12.1 Å². The van der Waals surface area contributed by atoms with E-state index in [0.29, 0.717) is 0 Å². The van der Waals surface area contributed by atoms with Crippen molar-refractivity contribution in [3.05, 3.63) is 30.3 Å². The van der Waals surface area contributed by atoms with Gasteiger partial charge in [-0.2, -0.15) is 0 Å². The highest BCUT2D eigenvalue weighted by atomic mass is 31.2. The zero-order chi connectivity index (χ0) is 15.9. The molecule has 0 amide bonds. The predicted octanol–water partition coefficient (Wildman–Crippen LogP) is 1.75. The third-order valence-corrected chi connectivity index (χ3v) is 3.79. The zero-order valence-corrected chi connectivity index (χ0v) is 12.7. The fourth-order valence-corrected chi connectivity index (χ4v) is 2.63. The summed E-state index contributed by atoms with van der Waals surface area (Å²) >= 11 is 0. The monoisotopic (exact) mass is 311 g/mol. The Labute approximate surface area is 124 Å². The van der Waals surface area contributed by atoms with Crippen LogP contribution in [0.3, 0.4) is 0 Å². The van der Waals surface area contributed by atoms with Crippen LogP contribution in [-0.4, -0.2) is 29.6 Å². The molecule has 2 N–H and O–H groups in total. The quantitative estimate of drug-likeness (QED) is 0.453. The number of carbonyl (C=O) groups is 1. The summed E-state index contributed by atoms with van der Waals surface area (Å²) in [6, 6.07) is 7.00. The van der Waals surface area contributed by atoms with Gasteiger partial charge in [-0.1, -0.05) is 24.1 Å². The van der Waals surface area contributed by atoms with E-state index in [1.165, 1.54) is 0 Å². The predicted molar refractivity (Wildman–Crippen MR) is 78.7 cm³/mol. The number of aliphatic hydroxyl groups is 1. The van der Waals surface area contributed by atoms with Gasteiger partial charge in [-0.15, -0.1) is 6.42 Å². The first-order valence-electron chi connectivity index (χ1n) is 6.29. The summed E-state index contributed by atoms with van der Waals surface area (Å²) in [6.07, 6.45) is 4.06. The number of benzene rings is 1. The van der Waals surface area contributed by atoms with Crippen molar-refractivity contribution in [1.29, 1.82) is 0 Å². The smallest absolute Gasteiger partial charge is 0.343 e. The number of esters is 1. The summed E-state index contributed by atoms with van der Waals surface area (Å²) in [5, 5.41) is 11.6. The molecule has 0 saturated carbocycles. The lowest BCUT2D eigenvalue weighted by Crippen LogP contribution is -2.37. The van der Waals surface area contributed by atoms with Gasteiger partial charge >= 0.3 is 13.5 Å². The number of rotatable bonds is 7. The highest BCUT2D eigenvalue weighted by Gasteiger charge is 2.31. The van der Waals surface area contributed by atoms with E-state index in [4.69, 9.17) is 15.7 Å². The van der Waals surface area contributed by atoms with E-state index >= 15 is 0 Å². The molecular weight excluding hydrogens is 293 g/mol. The molecule has 0 aliphatic rings. The van der Waals surface area contributed by atoms with Crippen LogP contribution in [0.25, 0.3) is 0 Å². The average Bonchev–Trinajstić information content (AvgIpc) is 2.45. The van der Waals surface area contributed by atoms with Gasteiger partial charge in [-0.05, 0) is 26.0 Å². The van der Waals surface area contributed by atoms with Crippen LogP contribution in [0, 0.1) is 12.3 Å². The highest BCUT2D eigenvalue weighted by molar-refractivity contribution is 7.57. The van der Waals surface area contributed by atoms with Gasteiger partial charge in [0.25, 0.3) is 0 Å². The molecule has 6 nitrogen and oxygen atoms in total. The molecule has 1 aromatic rings. The lowest BCUT2D eigenvalue weighted by Gasteiger charge is -2.21. The van der Waals surface area contributed by atoms with Gasteiger partial charge in [-0.25, -0.2) is 9.88 Å². The molecule has 0 aromatic heterocycles. The molecule has 0 bridgehead atoms. The Morgan fingerprint density at radius 3 is 2.52 bits per heavy atom. The maximum Gasteiger partial charge on any atom is 0.343 e. The molecule has 7 heteroatoms. The van der Waals surface area contributed by atoms with Crippen molar-refractivity contribution in [3.63, 3.8) is 0 Å². The molecule has 1 rings (SSSR count). The minimum Gasteiger partial charge on any atom is -0.461 e. The molecule has 0 spiro atoms. The van der Waals surface area contributed by atoms with Gasteiger partial charge in [0.05, 0.1) is 6.10 Å². The van der Waals surface area contributed by atoms with E-state index in [9.17, 15) is 14.5 Å². The summed E-state index contributed by atoms with van der Waals surface area (Å²) in [6.45, 7) is 3.33. The van der Waals surface area contributed by atoms with Gasteiger partial charge < -0.3 is 14.4 Å². The van der Waals surface area contributed by atoms with Crippen molar-refractivity contribution in [1.82, 2.24) is 5.09 Å². The van der Waals surface area contributed by atoms with E-state index in [1.54, 1.807) is 44.2 Å². The third-order valence-electron chi connectivity index (χ3n) is 2.26. The van der Waals surface area contributed by atoms with E-state index < -0.39 is 25.9 Å². The second kappa shape index (κ2) is 7.84. The van der Waals surface area contributed by atoms with Crippen LogP contribution >= 0.6 is 7.52 Å². The summed E-state index contributed by atoms with van der Waals surface area (Å²) in [7, 11) is -3.73. The van der Waals surface area contributed by atoms with E-state index in [0.717, 1.165) is 0 Å². The fraction of sp³-hybridized carbons (Fsp3) is 0.357. The van der Waals surface area contributed by atoms with E-state index in [2.05, 4.69) is 11.0 Å². The third kappa shape index (κ3) is 5.60. The lowest BCUT2D eigenvalue weighted by atomic mass is 10.3. The molecule has 0 radical (unpaired) electrons. The second-order valence-corrected chi connectivity index (χ2v) is 6.50. The van der Waals surface area contributed by atoms with Crippen molar-refractivity contribution in [2.45, 2.75) is 26.0 Å². The van der Waals surface area contributed by atoms with Crippen LogP contribution in [0.5, 0.6) is 5.75 Å². The Bertz CT molecular complexity index is 552. The first kappa shape index (κ1) is 17.3. The highest BCUT2D eigenvalue weighted by Crippen LogP contribution is 2.42. The Hall–Kier alpha value is -1.80. The van der Waals surface area contributed by atoms with Gasteiger partial charge in [0, 0.05) is 0 Å². The van der Waals surface area contributed by atoms with Gasteiger partial charge in [-0.3, -0.25) is 4.57 Å². The first-order chi connectivity index (χ1) is 9.90. The molecule has 114 valence electrons. The van der Waals surface area contributed by atoms with Gasteiger partial charge in [0.2, 0.25) is 0 Å². The zero-order valence-electron chi connectivity index (χ0n) is 11.9. The maximum absolute atomic E-state index is 12.4. The summed E-state index contributed by atoms with van der Waals surface area (Å²) in [4.78, 5) is 11.7. The molecule has 0 heterocycles. The summed E-state index contributed by atoms with van der Waals surface area (Å²) in [5.41, 5.74) is 0. The standard InChI is InChI=1S/C14H18NO5P/c1-4-13(14(17)19-11(2)3)15-21(18,10-16)20-12-8-6-5-7-9-12/h1,5-9,11,13,16H,10H2,2-3H3,(H,15,18)/t13-,21?/m0/s1. The van der Waals surface area contributed by atoms with E-state index in [-0.39, 0.29) is 11.9 Å². The minimum absolute atomic E-state index is 0.287. The topological polar surface area (TPSA) is 84.9 Å². The van der Waals surface area contributed by atoms with Crippen LogP contribution in [-0.2, 0) is 14.1 Å². The largest absolute Gasteiger partial charge is 0.461 e. The van der Waals surface area contributed by atoms with Crippen molar-refractivity contribution in [2.24, 2.45) is 0 Å². The average molecular weight is 311 g/mol. The fourth-order valence-electron chi connectivity index (χ4n) is 1.40. The number of carbonyl (C=O) groups excluding carboxylic acids is 1. The van der Waals surface area contributed by atoms with Crippen molar-refractivity contribution in [2.75, 3.05) is 6.35 Å². The minimum atomic E-state index is -3.73. The number of para-hydroxylation sites is 1. The van der Waals surface area contributed by atoms with Crippen molar-refractivity contribution >= 4 is 13.5 Å². The van der Waals surface area contributed by atoms with Gasteiger partial charge in [0.15, 0.2) is 6.04 Å². The van der Waals surface area contributed by atoms with Crippen molar-refractivity contribution < 1.29 is 23.7 Å². The van der Waals surface area contributed by atoms with Crippen molar-refractivity contribution in [3.8, 4) is 18.1 Å². The Morgan fingerprint density at radius 2 is 2.05 bits per heavy atom. The summed E-state index contributed by atoms with van der Waals surface area (Å²) in [5.74, 6) is 1.67. The molecule has 1 unspecified atom stereocenters.